The third kappa shape index (κ3) is 3.52. The number of carbonyl (C=O) groups is 2. The summed E-state index contributed by atoms with van der Waals surface area (Å²) in [6, 6.07) is 12.0. The third-order valence-corrected chi connectivity index (χ3v) is 5.57. The first-order valence-electron chi connectivity index (χ1n) is 9.40. The van der Waals surface area contributed by atoms with Crippen LogP contribution in [0.4, 0.5) is 0 Å². The summed E-state index contributed by atoms with van der Waals surface area (Å²) in [5.74, 6) is 0.782. The van der Waals surface area contributed by atoms with Crippen LogP contribution in [0.1, 0.15) is 53.3 Å². The summed E-state index contributed by atoms with van der Waals surface area (Å²) in [5, 5.41) is 3.17. The van der Waals surface area contributed by atoms with Gasteiger partial charge in [-0.25, -0.2) is 0 Å². The van der Waals surface area contributed by atoms with Crippen LogP contribution in [-0.4, -0.2) is 35.8 Å². The van der Waals surface area contributed by atoms with Gasteiger partial charge in [0, 0.05) is 25.6 Å². The molecule has 1 aromatic heterocycles. The van der Waals surface area contributed by atoms with Crippen LogP contribution in [0.3, 0.4) is 0 Å². The first-order chi connectivity index (χ1) is 12.7. The zero-order valence-corrected chi connectivity index (χ0v) is 14.8. The van der Waals surface area contributed by atoms with Gasteiger partial charge in [0.05, 0.1) is 6.26 Å². The highest BCUT2D eigenvalue weighted by atomic mass is 16.3. The van der Waals surface area contributed by atoms with Gasteiger partial charge in [-0.05, 0) is 54.9 Å². The number of carbonyl (C=O) groups excluding carboxylic acids is 2. The highest BCUT2D eigenvalue weighted by Crippen LogP contribution is 2.35. The van der Waals surface area contributed by atoms with Crippen LogP contribution in [0, 0.1) is 0 Å². The molecule has 0 radical (unpaired) electrons. The predicted molar refractivity (Wildman–Crippen MR) is 97.9 cm³/mol. The van der Waals surface area contributed by atoms with Gasteiger partial charge in [-0.15, -0.1) is 0 Å². The maximum absolute atomic E-state index is 12.5. The van der Waals surface area contributed by atoms with Crippen LogP contribution in [0.5, 0.6) is 0 Å². The summed E-state index contributed by atoms with van der Waals surface area (Å²) in [6.45, 7) is 1.30. The Morgan fingerprint density at radius 1 is 1.08 bits per heavy atom. The summed E-state index contributed by atoms with van der Waals surface area (Å²) in [5.41, 5.74) is 2.72. The van der Waals surface area contributed by atoms with Gasteiger partial charge < -0.3 is 14.6 Å². The Balaban J connectivity index is 1.26. The SMILES string of the molecule is O=C(C[C@H]1CCc2ccccc21)NC1CCN(C(=O)c2ccco2)CC1. The van der Waals surface area contributed by atoms with Gasteiger partial charge in [-0.1, -0.05) is 24.3 Å². The van der Waals surface area contributed by atoms with Crippen molar-refractivity contribution in [2.24, 2.45) is 0 Å². The fourth-order valence-corrected chi connectivity index (χ4v) is 4.15. The lowest BCUT2D eigenvalue weighted by molar-refractivity contribution is -0.122. The maximum atomic E-state index is 12.5. The Morgan fingerprint density at radius 3 is 2.65 bits per heavy atom. The van der Waals surface area contributed by atoms with Crippen molar-refractivity contribution < 1.29 is 14.0 Å². The van der Waals surface area contributed by atoms with Gasteiger partial charge in [0.2, 0.25) is 5.91 Å². The molecular formula is C21H24N2O3. The normalized spacial score (nSPS) is 20.0. The number of benzene rings is 1. The minimum atomic E-state index is -0.0673. The lowest BCUT2D eigenvalue weighted by atomic mass is 9.97. The largest absolute Gasteiger partial charge is 0.459 e. The van der Waals surface area contributed by atoms with Crippen molar-refractivity contribution in [2.75, 3.05) is 13.1 Å². The molecule has 2 heterocycles. The smallest absolute Gasteiger partial charge is 0.289 e. The molecule has 1 aliphatic heterocycles. The molecule has 0 unspecified atom stereocenters. The first-order valence-corrected chi connectivity index (χ1v) is 9.40. The molecule has 2 amide bonds. The van der Waals surface area contributed by atoms with Crippen LogP contribution in [0.2, 0.25) is 0 Å². The average Bonchev–Trinajstić information content (AvgIpc) is 3.32. The Bertz CT molecular complexity index is 776. The van der Waals surface area contributed by atoms with Crippen LogP contribution < -0.4 is 5.32 Å². The number of piperidine rings is 1. The third-order valence-electron chi connectivity index (χ3n) is 5.57. The molecular weight excluding hydrogens is 328 g/mol. The monoisotopic (exact) mass is 352 g/mol. The molecule has 0 bridgehead atoms. The molecule has 1 N–H and O–H groups in total. The number of likely N-dealkylation sites (tertiary alicyclic amines) is 1. The molecule has 4 rings (SSSR count). The molecule has 2 aromatic rings. The lowest BCUT2D eigenvalue weighted by Gasteiger charge is -2.32. The predicted octanol–water partition coefficient (Wildman–Crippen LogP) is 3.12. The van der Waals surface area contributed by atoms with Gasteiger partial charge in [-0.3, -0.25) is 9.59 Å². The standard InChI is InChI=1S/C21H24N2O3/c24-20(14-16-8-7-15-4-1-2-5-18(15)16)22-17-9-11-23(12-10-17)21(25)19-6-3-13-26-19/h1-6,13,16-17H,7-12,14H2,(H,22,24)/t16-/m1/s1. The van der Waals surface area contributed by atoms with E-state index < -0.39 is 0 Å². The van der Waals surface area contributed by atoms with Crippen molar-refractivity contribution in [2.45, 2.75) is 44.1 Å². The van der Waals surface area contributed by atoms with Crippen LogP contribution in [0.25, 0.3) is 0 Å². The first kappa shape index (κ1) is 16.9. The number of nitrogens with zero attached hydrogens (tertiary/aromatic N) is 1. The van der Waals surface area contributed by atoms with Gasteiger partial charge in [-0.2, -0.15) is 0 Å². The number of furan rings is 1. The van der Waals surface area contributed by atoms with Crippen molar-refractivity contribution in [1.82, 2.24) is 10.2 Å². The number of nitrogens with one attached hydrogen (secondary N) is 1. The maximum Gasteiger partial charge on any atom is 0.289 e. The number of fused-ring (bicyclic) bond motifs is 1. The van der Waals surface area contributed by atoms with E-state index in [1.54, 1.807) is 17.0 Å². The molecule has 5 heteroatoms. The Labute approximate surface area is 153 Å². The van der Waals surface area contributed by atoms with Crippen molar-refractivity contribution in [3.05, 3.63) is 59.5 Å². The Morgan fingerprint density at radius 2 is 1.88 bits per heavy atom. The highest BCUT2D eigenvalue weighted by molar-refractivity contribution is 5.91. The number of rotatable bonds is 4. The number of hydrogen-bond donors (Lipinski definition) is 1. The molecule has 0 spiro atoms. The minimum absolute atomic E-state index is 0.0673. The molecule has 5 nitrogen and oxygen atoms in total. The van der Waals surface area contributed by atoms with E-state index in [4.69, 9.17) is 4.42 Å². The van der Waals surface area contributed by atoms with Crippen molar-refractivity contribution in [1.29, 1.82) is 0 Å². The van der Waals surface area contributed by atoms with Crippen LogP contribution >= 0.6 is 0 Å². The number of aryl methyl sites for hydroxylation is 1. The molecule has 136 valence electrons. The Kier molecular flexibility index (Phi) is 4.78. The van der Waals surface area contributed by atoms with Crippen molar-refractivity contribution in [3.8, 4) is 0 Å². The quantitative estimate of drug-likeness (QED) is 0.920. The van der Waals surface area contributed by atoms with E-state index >= 15 is 0 Å². The summed E-state index contributed by atoms with van der Waals surface area (Å²) < 4.78 is 5.18. The second kappa shape index (κ2) is 7.36. The fourth-order valence-electron chi connectivity index (χ4n) is 4.15. The Hall–Kier alpha value is -2.56. The second-order valence-corrected chi connectivity index (χ2v) is 7.25. The molecule has 0 saturated carbocycles. The second-order valence-electron chi connectivity index (χ2n) is 7.25. The van der Waals surface area contributed by atoms with E-state index in [0.29, 0.717) is 31.2 Å². The number of amides is 2. The van der Waals surface area contributed by atoms with Crippen LogP contribution in [-0.2, 0) is 11.2 Å². The molecule has 1 saturated heterocycles. The summed E-state index contributed by atoms with van der Waals surface area (Å²) >= 11 is 0. The minimum Gasteiger partial charge on any atom is -0.459 e. The van der Waals surface area contributed by atoms with Crippen molar-refractivity contribution in [3.63, 3.8) is 0 Å². The molecule has 1 aliphatic carbocycles. The number of hydrogen-bond acceptors (Lipinski definition) is 3. The van der Waals surface area contributed by atoms with E-state index in [1.165, 1.54) is 17.4 Å². The lowest BCUT2D eigenvalue weighted by Crippen LogP contribution is -2.46. The van der Waals surface area contributed by atoms with Gasteiger partial charge in [0.15, 0.2) is 5.76 Å². The van der Waals surface area contributed by atoms with E-state index in [9.17, 15) is 9.59 Å². The van der Waals surface area contributed by atoms with E-state index in [1.807, 2.05) is 0 Å². The van der Waals surface area contributed by atoms with E-state index in [-0.39, 0.29) is 17.9 Å². The van der Waals surface area contributed by atoms with Gasteiger partial charge in [0.1, 0.15) is 0 Å². The zero-order valence-electron chi connectivity index (χ0n) is 14.8. The summed E-state index contributed by atoms with van der Waals surface area (Å²) in [4.78, 5) is 26.6. The van der Waals surface area contributed by atoms with E-state index in [2.05, 4.69) is 29.6 Å². The highest BCUT2D eigenvalue weighted by Gasteiger charge is 2.28. The van der Waals surface area contributed by atoms with Gasteiger partial charge in [0.25, 0.3) is 5.91 Å². The topological polar surface area (TPSA) is 62.6 Å². The van der Waals surface area contributed by atoms with Crippen LogP contribution in [0.15, 0.2) is 47.1 Å². The molecule has 2 aliphatic rings. The zero-order chi connectivity index (χ0) is 17.9. The molecule has 1 fully saturated rings. The van der Waals surface area contributed by atoms with E-state index in [0.717, 1.165) is 25.7 Å². The fraction of sp³-hybridized carbons (Fsp3) is 0.429. The molecule has 26 heavy (non-hydrogen) atoms. The summed E-state index contributed by atoms with van der Waals surface area (Å²) in [6.07, 6.45) is 5.78. The van der Waals surface area contributed by atoms with Crippen molar-refractivity contribution >= 4 is 11.8 Å². The average molecular weight is 352 g/mol. The molecule has 1 aromatic carbocycles. The van der Waals surface area contributed by atoms with Gasteiger partial charge >= 0.3 is 0 Å². The molecule has 1 atom stereocenters. The summed E-state index contributed by atoms with van der Waals surface area (Å²) in [7, 11) is 0.